The van der Waals surface area contributed by atoms with Crippen molar-refractivity contribution in [3.05, 3.63) is 83.2 Å². The Balaban J connectivity index is 1.40. The number of rotatable bonds is 4. The summed E-state index contributed by atoms with van der Waals surface area (Å²) < 4.78 is 57.9. The fraction of sp³-hybridized carbons (Fsp3) is 0.185. The maximum absolute atomic E-state index is 15.0. The van der Waals surface area contributed by atoms with Crippen LogP contribution in [-0.4, -0.2) is 41.8 Å². The van der Waals surface area contributed by atoms with Gasteiger partial charge in [-0.2, -0.15) is 28.2 Å². The van der Waals surface area contributed by atoms with Gasteiger partial charge in [0.2, 0.25) is 0 Å². The van der Waals surface area contributed by atoms with Crippen molar-refractivity contribution in [1.29, 1.82) is 0 Å². The van der Waals surface area contributed by atoms with Crippen LogP contribution >= 0.6 is 0 Å². The van der Waals surface area contributed by atoms with E-state index in [9.17, 15) is 22.4 Å². The third-order valence-electron chi connectivity index (χ3n) is 6.58. The highest BCUT2D eigenvalue weighted by Crippen LogP contribution is 2.39. The smallest absolute Gasteiger partial charge is 0.369 e. The second kappa shape index (κ2) is 9.80. The predicted molar refractivity (Wildman–Crippen MR) is 141 cm³/mol. The molecule has 0 fully saturated rings. The average Bonchev–Trinajstić information content (AvgIpc) is 3.59. The first-order valence-electron chi connectivity index (χ1n) is 12.4. The molecule has 14 heteroatoms. The highest BCUT2D eigenvalue weighted by Gasteiger charge is 2.31. The van der Waals surface area contributed by atoms with Crippen molar-refractivity contribution < 1.29 is 22.4 Å². The SMILES string of the molecule is Cc1cc(F)c(NC(=O)c2cc(C(F)(F)F)ccn2)cc1-c1cc2cnc(=Nc3ccn(C)n3)nc-2n2c1NCC2. The lowest BCUT2D eigenvalue weighted by atomic mass is 9.98. The Hall–Kier alpha value is -5.14. The summed E-state index contributed by atoms with van der Waals surface area (Å²) >= 11 is 0. The fourth-order valence-corrected chi connectivity index (χ4v) is 4.66. The van der Waals surface area contributed by atoms with Gasteiger partial charge >= 0.3 is 6.18 Å². The maximum atomic E-state index is 15.0. The van der Waals surface area contributed by atoms with Gasteiger partial charge in [-0.05, 0) is 48.4 Å². The number of hydrogen-bond donors (Lipinski definition) is 2. The van der Waals surface area contributed by atoms with Gasteiger partial charge in [-0.25, -0.2) is 9.37 Å². The topological polar surface area (TPSA) is 115 Å². The Kier molecular flexibility index (Phi) is 6.24. The molecule has 2 N–H and O–H groups in total. The molecule has 0 bridgehead atoms. The van der Waals surface area contributed by atoms with E-state index >= 15 is 0 Å². The molecule has 5 heterocycles. The van der Waals surface area contributed by atoms with Gasteiger partial charge in [-0.15, -0.1) is 0 Å². The molecule has 3 aliphatic rings. The molecule has 10 nitrogen and oxygen atoms in total. The predicted octanol–water partition coefficient (Wildman–Crippen LogP) is 4.55. The number of nitrogens with zero attached hydrogens (tertiary/aromatic N) is 7. The number of anilines is 2. The lowest BCUT2D eigenvalue weighted by molar-refractivity contribution is -0.137. The molecule has 208 valence electrons. The number of carbonyl (C=O) groups excluding carboxylic acids is 1. The molecule has 0 atom stereocenters. The van der Waals surface area contributed by atoms with Crippen LogP contribution in [0.5, 0.6) is 0 Å². The number of pyridine rings is 2. The zero-order chi connectivity index (χ0) is 28.9. The normalized spacial score (nSPS) is 13.4. The molecule has 41 heavy (non-hydrogen) atoms. The Bertz CT molecular complexity index is 1860. The number of aryl methyl sites for hydroxylation is 2. The number of halogens is 4. The van der Waals surface area contributed by atoms with Crippen molar-refractivity contribution in [2.75, 3.05) is 17.2 Å². The van der Waals surface area contributed by atoms with Crippen molar-refractivity contribution in [1.82, 2.24) is 29.3 Å². The standard InChI is InChI=1S/C27H21F4N9O/c1-14-9-19(28)20(35-25(41)21-11-16(3-5-32-21)27(29,30)31)12-17(14)18-10-15-13-34-26(36-22-4-7-39(2)38-22)37-23(15)40-8-6-33-24(18)40/h3-5,7,9-13,33H,6,8H2,1-2H3,(H,35,41). The van der Waals surface area contributed by atoms with E-state index in [2.05, 4.69) is 35.7 Å². The molecule has 0 aliphatic carbocycles. The van der Waals surface area contributed by atoms with Crippen molar-refractivity contribution in [3.8, 4) is 22.5 Å². The van der Waals surface area contributed by atoms with Crippen molar-refractivity contribution in [3.63, 3.8) is 0 Å². The molecule has 0 unspecified atom stereocenters. The summed E-state index contributed by atoms with van der Waals surface area (Å²) in [6, 6.07) is 7.67. The van der Waals surface area contributed by atoms with Crippen molar-refractivity contribution in [2.45, 2.75) is 19.6 Å². The minimum atomic E-state index is -4.65. The summed E-state index contributed by atoms with van der Waals surface area (Å²) in [7, 11) is 1.78. The molecule has 3 aliphatic heterocycles. The van der Waals surface area contributed by atoms with E-state index in [0.29, 0.717) is 53.1 Å². The van der Waals surface area contributed by atoms with Crippen LogP contribution in [0.15, 0.2) is 60.0 Å². The van der Waals surface area contributed by atoms with Crippen LogP contribution in [0.25, 0.3) is 22.5 Å². The number of carbonyl (C=O) groups is 1. The van der Waals surface area contributed by atoms with Gasteiger partial charge in [0, 0.05) is 55.9 Å². The molecule has 1 amide bonds. The number of amides is 1. The number of benzene rings is 1. The number of nitrogens with one attached hydrogen (secondary N) is 2. The molecular weight excluding hydrogens is 542 g/mol. The average molecular weight is 564 g/mol. The lowest BCUT2D eigenvalue weighted by Crippen LogP contribution is -2.18. The van der Waals surface area contributed by atoms with E-state index in [1.807, 2.05) is 10.6 Å². The van der Waals surface area contributed by atoms with Gasteiger partial charge in [0.15, 0.2) is 5.82 Å². The minimum absolute atomic E-state index is 0.201. The summed E-state index contributed by atoms with van der Waals surface area (Å²) in [5.74, 6) is 0.126. The van der Waals surface area contributed by atoms with E-state index < -0.39 is 29.2 Å². The monoisotopic (exact) mass is 563 g/mol. The number of alkyl halides is 3. The molecule has 0 saturated carbocycles. The maximum Gasteiger partial charge on any atom is 0.416 e. The molecule has 0 saturated heterocycles. The molecular formula is C27H21F4N9O. The summed E-state index contributed by atoms with van der Waals surface area (Å²) in [5.41, 5.74) is 1.11. The molecule has 3 aromatic rings. The first-order valence-corrected chi connectivity index (χ1v) is 12.4. The second-order valence-corrected chi connectivity index (χ2v) is 9.42. The van der Waals surface area contributed by atoms with Crippen molar-refractivity contribution >= 4 is 23.2 Å². The summed E-state index contributed by atoms with van der Waals surface area (Å²) in [5, 5.41) is 9.93. The number of hydrogen-bond acceptors (Lipinski definition) is 7. The highest BCUT2D eigenvalue weighted by molar-refractivity contribution is 6.03. The molecule has 1 aromatic carbocycles. The van der Waals surface area contributed by atoms with Crippen LogP contribution < -0.4 is 16.3 Å². The summed E-state index contributed by atoms with van der Waals surface area (Å²) in [6.07, 6.45) is -0.369. The minimum Gasteiger partial charge on any atom is -0.369 e. The first-order chi connectivity index (χ1) is 19.6. The Morgan fingerprint density at radius 3 is 2.71 bits per heavy atom. The summed E-state index contributed by atoms with van der Waals surface area (Å²) in [6.45, 7) is 2.94. The van der Waals surface area contributed by atoms with E-state index in [0.717, 1.165) is 18.1 Å². The molecule has 6 rings (SSSR count). The number of fused-ring (bicyclic) bond motifs is 3. The zero-order valence-electron chi connectivity index (χ0n) is 21.7. The Labute approximate surface area is 229 Å². The van der Waals surface area contributed by atoms with Crippen molar-refractivity contribution in [2.24, 2.45) is 12.0 Å². The van der Waals surface area contributed by atoms with Crippen LogP contribution in [0.4, 0.5) is 34.9 Å². The fourth-order valence-electron chi connectivity index (χ4n) is 4.66. The zero-order valence-corrected chi connectivity index (χ0v) is 21.7. The molecule has 0 spiro atoms. The van der Waals surface area contributed by atoms with Gasteiger partial charge in [0.1, 0.15) is 23.2 Å². The van der Waals surface area contributed by atoms with Gasteiger partial charge in [-0.3, -0.25) is 14.5 Å². The van der Waals surface area contributed by atoms with Crippen LogP contribution in [0.1, 0.15) is 21.6 Å². The first kappa shape index (κ1) is 26.1. The van der Waals surface area contributed by atoms with Crippen LogP contribution in [0, 0.1) is 12.7 Å². The molecule has 2 aromatic heterocycles. The van der Waals surface area contributed by atoms with Gasteiger partial charge in [0.25, 0.3) is 11.5 Å². The lowest BCUT2D eigenvalue weighted by Gasteiger charge is -2.19. The third kappa shape index (κ3) is 4.99. The summed E-state index contributed by atoms with van der Waals surface area (Å²) in [4.78, 5) is 29.8. The quantitative estimate of drug-likeness (QED) is 0.310. The van der Waals surface area contributed by atoms with E-state index in [1.54, 1.807) is 37.1 Å². The Morgan fingerprint density at radius 2 is 1.95 bits per heavy atom. The van der Waals surface area contributed by atoms with E-state index in [-0.39, 0.29) is 11.3 Å². The molecule has 0 radical (unpaired) electrons. The van der Waals surface area contributed by atoms with Gasteiger partial charge < -0.3 is 15.2 Å². The van der Waals surface area contributed by atoms with Crippen LogP contribution in [0.2, 0.25) is 0 Å². The highest BCUT2D eigenvalue weighted by atomic mass is 19.4. The third-order valence-corrected chi connectivity index (χ3v) is 6.58. The van der Waals surface area contributed by atoms with Gasteiger partial charge in [-0.1, -0.05) is 0 Å². The Morgan fingerprint density at radius 1 is 1.12 bits per heavy atom. The van der Waals surface area contributed by atoms with E-state index in [1.165, 1.54) is 12.1 Å². The van der Waals surface area contributed by atoms with Crippen LogP contribution in [0.3, 0.4) is 0 Å². The van der Waals surface area contributed by atoms with E-state index in [4.69, 9.17) is 0 Å². The number of aromatic nitrogens is 6. The van der Waals surface area contributed by atoms with Gasteiger partial charge in [0.05, 0.1) is 11.3 Å². The largest absolute Gasteiger partial charge is 0.416 e. The second-order valence-electron chi connectivity index (χ2n) is 9.42. The van der Waals surface area contributed by atoms with Crippen LogP contribution in [-0.2, 0) is 19.8 Å².